The topological polar surface area (TPSA) is 79.4 Å². The molecular formula is C21H21N3O3. The van der Waals surface area contributed by atoms with Gasteiger partial charge in [0, 0.05) is 23.9 Å². The lowest BCUT2D eigenvalue weighted by atomic mass is 9.99. The minimum Gasteiger partial charge on any atom is -0.454 e. The van der Waals surface area contributed by atoms with Crippen LogP contribution in [-0.4, -0.2) is 22.3 Å². The van der Waals surface area contributed by atoms with E-state index in [4.69, 9.17) is 15.2 Å². The molecule has 6 nitrogen and oxygen atoms in total. The summed E-state index contributed by atoms with van der Waals surface area (Å²) in [6.07, 6.45) is 4.50. The molecule has 1 aromatic heterocycles. The van der Waals surface area contributed by atoms with Gasteiger partial charge in [-0.15, -0.1) is 0 Å². The number of hydrogen-bond donors (Lipinski definition) is 1. The quantitative estimate of drug-likeness (QED) is 0.754. The molecule has 138 valence electrons. The second-order valence-electron chi connectivity index (χ2n) is 6.81. The summed E-state index contributed by atoms with van der Waals surface area (Å²) < 4.78 is 12.9. The summed E-state index contributed by atoms with van der Waals surface area (Å²) in [6.45, 7) is 4.41. The molecule has 1 aliphatic heterocycles. The zero-order valence-electron chi connectivity index (χ0n) is 15.3. The monoisotopic (exact) mass is 363 g/mol. The molecular weight excluding hydrogens is 342 g/mol. The summed E-state index contributed by atoms with van der Waals surface area (Å²) in [5, 5.41) is 0. The summed E-state index contributed by atoms with van der Waals surface area (Å²) in [4.78, 5) is 16.1. The molecule has 0 spiro atoms. The summed E-state index contributed by atoms with van der Waals surface area (Å²) in [6, 6.07) is 11.5. The second-order valence-corrected chi connectivity index (χ2v) is 6.81. The van der Waals surface area contributed by atoms with Gasteiger partial charge in [0.2, 0.25) is 12.7 Å². The van der Waals surface area contributed by atoms with Gasteiger partial charge in [-0.25, -0.2) is 4.98 Å². The van der Waals surface area contributed by atoms with Crippen LogP contribution < -0.4 is 15.2 Å². The van der Waals surface area contributed by atoms with Crippen LogP contribution in [0.2, 0.25) is 0 Å². The maximum absolute atomic E-state index is 11.6. The molecule has 1 unspecified atom stereocenters. The number of carbonyl (C=O) groups excluding carboxylic acids is 1. The minimum atomic E-state index is -0.439. The van der Waals surface area contributed by atoms with E-state index >= 15 is 0 Å². The molecule has 2 N–H and O–H groups in total. The number of nitrogens with zero attached hydrogens (tertiary/aromatic N) is 2. The number of amides is 1. The van der Waals surface area contributed by atoms with Crippen LogP contribution in [0.4, 0.5) is 0 Å². The third-order valence-electron chi connectivity index (χ3n) is 4.84. The molecule has 0 aliphatic carbocycles. The van der Waals surface area contributed by atoms with Gasteiger partial charge >= 0.3 is 0 Å². The van der Waals surface area contributed by atoms with Crippen molar-refractivity contribution >= 4 is 5.91 Å². The molecule has 0 saturated carbocycles. The van der Waals surface area contributed by atoms with Crippen molar-refractivity contribution < 1.29 is 14.3 Å². The SMILES string of the molecule is Cc1ccc(C(N)=O)cc1-n1ccnc1C(C)Cc1ccc2c(c1)OCO2. The van der Waals surface area contributed by atoms with Crippen molar-refractivity contribution in [2.75, 3.05) is 6.79 Å². The summed E-state index contributed by atoms with van der Waals surface area (Å²) in [5.74, 6) is 2.22. The Labute approximate surface area is 157 Å². The number of aromatic nitrogens is 2. The van der Waals surface area contributed by atoms with E-state index in [0.717, 1.165) is 40.6 Å². The Hall–Kier alpha value is -3.28. The van der Waals surface area contributed by atoms with Gasteiger partial charge in [0.15, 0.2) is 11.5 Å². The number of hydrogen-bond acceptors (Lipinski definition) is 4. The van der Waals surface area contributed by atoms with E-state index in [0.29, 0.717) is 5.56 Å². The first kappa shape index (κ1) is 17.1. The van der Waals surface area contributed by atoms with E-state index in [1.807, 2.05) is 42.0 Å². The first-order valence-electron chi connectivity index (χ1n) is 8.85. The number of fused-ring (bicyclic) bond motifs is 1. The molecule has 27 heavy (non-hydrogen) atoms. The maximum Gasteiger partial charge on any atom is 0.248 e. The van der Waals surface area contributed by atoms with Crippen LogP contribution in [-0.2, 0) is 6.42 Å². The van der Waals surface area contributed by atoms with Gasteiger partial charge in [-0.1, -0.05) is 19.1 Å². The van der Waals surface area contributed by atoms with E-state index in [-0.39, 0.29) is 12.7 Å². The smallest absolute Gasteiger partial charge is 0.248 e. The van der Waals surface area contributed by atoms with Crippen LogP contribution in [0.3, 0.4) is 0 Å². The maximum atomic E-state index is 11.6. The fraction of sp³-hybridized carbons (Fsp3) is 0.238. The van der Waals surface area contributed by atoms with Crippen molar-refractivity contribution in [1.82, 2.24) is 9.55 Å². The van der Waals surface area contributed by atoms with Crippen LogP contribution in [0, 0.1) is 6.92 Å². The molecule has 2 heterocycles. The van der Waals surface area contributed by atoms with Gasteiger partial charge in [0.05, 0.1) is 5.69 Å². The average molecular weight is 363 g/mol. The number of benzene rings is 2. The number of primary amides is 1. The molecule has 0 saturated heterocycles. The van der Waals surface area contributed by atoms with Crippen LogP contribution >= 0.6 is 0 Å². The summed E-state index contributed by atoms with van der Waals surface area (Å²) >= 11 is 0. The van der Waals surface area contributed by atoms with E-state index in [1.165, 1.54) is 0 Å². The molecule has 1 aliphatic rings. The van der Waals surface area contributed by atoms with E-state index in [1.54, 1.807) is 12.3 Å². The Bertz CT molecular complexity index is 1010. The molecule has 2 aromatic carbocycles. The standard InChI is InChI=1S/C21H21N3O3/c1-13-3-5-16(20(22)25)11-17(13)24-8-7-23-21(24)14(2)9-15-4-6-18-19(10-15)27-12-26-18/h3-8,10-11,14H,9,12H2,1-2H3,(H2,22,25). The van der Waals surface area contributed by atoms with E-state index in [2.05, 4.69) is 18.0 Å². The highest BCUT2D eigenvalue weighted by molar-refractivity contribution is 5.93. The number of rotatable bonds is 5. The Morgan fingerprint density at radius 3 is 2.85 bits per heavy atom. The number of imidazole rings is 1. The highest BCUT2D eigenvalue weighted by atomic mass is 16.7. The van der Waals surface area contributed by atoms with Crippen LogP contribution in [0.1, 0.15) is 40.2 Å². The Balaban J connectivity index is 1.64. The predicted molar refractivity (Wildman–Crippen MR) is 102 cm³/mol. The highest BCUT2D eigenvalue weighted by Crippen LogP contribution is 2.34. The van der Waals surface area contributed by atoms with Crippen molar-refractivity contribution in [2.45, 2.75) is 26.2 Å². The summed E-state index contributed by atoms with van der Waals surface area (Å²) in [5.41, 5.74) is 9.05. The molecule has 6 heteroatoms. The molecule has 0 fully saturated rings. The Kier molecular flexibility index (Phi) is 4.32. The van der Waals surface area contributed by atoms with Crippen molar-refractivity contribution in [2.24, 2.45) is 5.73 Å². The fourth-order valence-electron chi connectivity index (χ4n) is 3.42. The molecule has 1 atom stereocenters. The Morgan fingerprint density at radius 2 is 2.04 bits per heavy atom. The van der Waals surface area contributed by atoms with Gasteiger partial charge in [-0.05, 0) is 48.7 Å². The van der Waals surface area contributed by atoms with Gasteiger partial charge in [-0.2, -0.15) is 0 Å². The normalized spacial score (nSPS) is 13.6. The molecule has 4 rings (SSSR count). The fourth-order valence-corrected chi connectivity index (χ4v) is 3.42. The van der Waals surface area contributed by atoms with Gasteiger partial charge < -0.3 is 19.8 Å². The molecule has 1 amide bonds. The first-order valence-corrected chi connectivity index (χ1v) is 8.85. The van der Waals surface area contributed by atoms with Gasteiger partial charge in [0.25, 0.3) is 0 Å². The number of nitrogens with two attached hydrogens (primary N) is 1. The van der Waals surface area contributed by atoms with Crippen LogP contribution in [0.5, 0.6) is 11.5 Å². The van der Waals surface area contributed by atoms with Crippen molar-refractivity contribution in [1.29, 1.82) is 0 Å². The summed E-state index contributed by atoms with van der Waals surface area (Å²) in [7, 11) is 0. The third-order valence-corrected chi connectivity index (χ3v) is 4.84. The van der Waals surface area contributed by atoms with Gasteiger partial charge in [-0.3, -0.25) is 4.79 Å². The van der Waals surface area contributed by atoms with Crippen LogP contribution in [0.15, 0.2) is 48.8 Å². The average Bonchev–Trinajstić information content (AvgIpc) is 3.30. The predicted octanol–water partition coefficient (Wildman–Crippen LogP) is 3.35. The lowest BCUT2D eigenvalue weighted by molar-refractivity contribution is 0.1000. The van der Waals surface area contributed by atoms with Crippen molar-refractivity contribution in [3.05, 3.63) is 71.3 Å². The zero-order chi connectivity index (χ0) is 19.0. The Morgan fingerprint density at radius 1 is 1.22 bits per heavy atom. The molecule has 0 bridgehead atoms. The van der Waals surface area contributed by atoms with E-state index < -0.39 is 5.91 Å². The van der Waals surface area contributed by atoms with Crippen molar-refractivity contribution in [3.8, 4) is 17.2 Å². The van der Waals surface area contributed by atoms with Gasteiger partial charge in [0.1, 0.15) is 5.82 Å². The van der Waals surface area contributed by atoms with E-state index in [9.17, 15) is 4.79 Å². The highest BCUT2D eigenvalue weighted by Gasteiger charge is 2.18. The lowest BCUT2D eigenvalue weighted by Gasteiger charge is -2.16. The minimum absolute atomic E-state index is 0.164. The third kappa shape index (κ3) is 3.26. The first-order chi connectivity index (χ1) is 13.0. The second kappa shape index (κ2) is 6.79. The van der Waals surface area contributed by atoms with Crippen molar-refractivity contribution in [3.63, 3.8) is 0 Å². The largest absolute Gasteiger partial charge is 0.454 e. The number of carbonyl (C=O) groups is 1. The molecule has 0 radical (unpaired) electrons. The molecule has 3 aromatic rings. The number of aryl methyl sites for hydroxylation is 1. The van der Waals surface area contributed by atoms with Crippen LogP contribution in [0.25, 0.3) is 5.69 Å². The lowest BCUT2D eigenvalue weighted by Crippen LogP contribution is -2.13. The number of ether oxygens (including phenoxy) is 2. The zero-order valence-corrected chi connectivity index (χ0v) is 15.3.